The van der Waals surface area contributed by atoms with E-state index in [1.165, 1.54) is 23.1 Å². The summed E-state index contributed by atoms with van der Waals surface area (Å²) in [5.41, 5.74) is 0. The average Bonchev–Trinajstić information content (AvgIpc) is 2.74. The van der Waals surface area contributed by atoms with Crippen LogP contribution in [0.4, 0.5) is 0 Å². The number of nitrogens with zero attached hydrogens (tertiary/aromatic N) is 2. The van der Waals surface area contributed by atoms with Gasteiger partial charge in [-0.3, -0.25) is 4.79 Å². The highest BCUT2D eigenvalue weighted by Crippen LogP contribution is 2.29. The third-order valence-corrected chi connectivity index (χ3v) is 3.84. The van der Waals surface area contributed by atoms with Crippen molar-refractivity contribution in [3.05, 3.63) is 16.7 Å². The van der Waals surface area contributed by atoms with Crippen LogP contribution >= 0.6 is 34.7 Å². The lowest BCUT2D eigenvalue weighted by Crippen LogP contribution is -2.06. The number of halogens is 1. The number of thioether (sulfide) groups is 1. The van der Waals surface area contributed by atoms with E-state index in [4.69, 9.17) is 16.3 Å². The molecule has 0 saturated carbocycles. The molecule has 0 saturated heterocycles. The van der Waals surface area contributed by atoms with Crippen LogP contribution in [0.15, 0.2) is 16.5 Å². The van der Waals surface area contributed by atoms with Crippen LogP contribution in [0.1, 0.15) is 6.92 Å². The summed E-state index contributed by atoms with van der Waals surface area (Å²) in [5, 5.41) is 3.76. The van der Waals surface area contributed by atoms with Gasteiger partial charge in [-0.15, -0.1) is 11.3 Å². The fraction of sp³-hybridized carbons (Fsp3) is 0.300. The van der Waals surface area contributed by atoms with E-state index in [0.717, 1.165) is 10.2 Å². The summed E-state index contributed by atoms with van der Waals surface area (Å²) in [6, 6.07) is 1.92. The number of aromatic nitrogens is 2. The third-order valence-electron chi connectivity index (χ3n) is 1.89. The Morgan fingerprint density at radius 2 is 2.41 bits per heavy atom. The molecule has 0 fully saturated rings. The maximum atomic E-state index is 11.3. The molecule has 90 valence electrons. The predicted octanol–water partition coefficient (Wildman–Crippen LogP) is 3.00. The molecule has 0 spiro atoms. The zero-order valence-electron chi connectivity index (χ0n) is 8.97. The van der Waals surface area contributed by atoms with Crippen molar-refractivity contribution in [3.8, 4) is 0 Å². The molecular weight excluding hydrogens is 280 g/mol. The zero-order chi connectivity index (χ0) is 12.3. The van der Waals surface area contributed by atoms with Gasteiger partial charge in [-0.2, -0.15) is 0 Å². The predicted molar refractivity (Wildman–Crippen MR) is 69.8 cm³/mol. The molecule has 0 aliphatic rings. The van der Waals surface area contributed by atoms with Gasteiger partial charge in [0, 0.05) is 5.39 Å². The molecule has 0 amide bonds. The summed E-state index contributed by atoms with van der Waals surface area (Å²) in [6.45, 7) is 2.17. The number of thiophene rings is 1. The Labute approximate surface area is 111 Å². The average molecular weight is 289 g/mol. The molecular formula is C10H9ClN2O2S2. The standard InChI is InChI=1S/C10H9ClN2O2S2/c1-2-15-7(14)5-17-9-6-3-4-16-8(6)12-10(11)13-9/h3-4H,2,5H2,1H3. The number of fused-ring (bicyclic) bond motifs is 1. The first kappa shape index (κ1) is 12.6. The normalized spacial score (nSPS) is 10.7. The second-order valence-corrected chi connectivity index (χ2v) is 5.23. The van der Waals surface area contributed by atoms with Gasteiger partial charge < -0.3 is 4.74 Å². The number of carbonyl (C=O) groups is 1. The maximum absolute atomic E-state index is 11.3. The lowest BCUT2D eigenvalue weighted by molar-refractivity contribution is -0.139. The monoisotopic (exact) mass is 288 g/mol. The Bertz CT molecular complexity index is 544. The molecule has 0 aliphatic carbocycles. The van der Waals surface area contributed by atoms with Gasteiger partial charge in [-0.25, -0.2) is 9.97 Å². The minimum atomic E-state index is -0.254. The minimum absolute atomic E-state index is 0.200. The van der Waals surface area contributed by atoms with Gasteiger partial charge in [0.05, 0.1) is 12.4 Å². The first-order chi connectivity index (χ1) is 8.20. The van der Waals surface area contributed by atoms with Crippen molar-refractivity contribution < 1.29 is 9.53 Å². The van der Waals surface area contributed by atoms with Gasteiger partial charge in [0.25, 0.3) is 0 Å². The van der Waals surface area contributed by atoms with Gasteiger partial charge in [0.15, 0.2) is 0 Å². The second kappa shape index (κ2) is 5.66. The highest BCUT2D eigenvalue weighted by atomic mass is 35.5. The minimum Gasteiger partial charge on any atom is -0.465 e. The molecule has 2 heterocycles. The van der Waals surface area contributed by atoms with Crippen LogP contribution in [0.3, 0.4) is 0 Å². The molecule has 2 aromatic heterocycles. The van der Waals surface area contributed by atoms with Gasteiger partial charge in [0.2, 0.25) is 5.28 Å². The summed E-state index contributed by atoms with van der Waals surface area (Å²) < 4.78 is 4.85. The molecule has 0 aromatic carbocycles. The van der Waals surface area contributed by atoms with E-state index in [0.29, 0.717) is 11.6 Å². The highest BCUT2D eigenvalue weighted by molar-refractivity contribution is 8.00. The van der Waals surface area contributed by atoms with Gasteiger partial charge in [0.1, 0.15) is 9.86 Å². The summed E-state index contributed by atoms with van der Waals surface area (Å²) in [5.74, 6) is -0.0258. The van der Waals surface area contributed by atoms with E-state index in [2.05, 4.69) is 9.97 Å². The van der Waals surface area contributed by atoms with Crippen molar-refractivity contribution in [1.29, 1.82) is 0 Å². The van der Waals surface area contributed by atoms with Crippen LogP contribution in [0.2, 0.25) is 5.28 Å². The Kier molecular flexibility index (Phi) is 4.20. The molecule has 0 aliphatic heterocycles. The SMILES string of the molecule is CCOC(=O)CSc1nc(Cl)nc2sccc12. The quantitative estimate of drug-likeness (QED) is 0.375. The number of esters is 1. The molecule has 0 bridgehead atoms. The Balaban J connectivity index is 2.17. The fourth-order valence-electron chi connectivity index (χ4n) is 1.24. The molecule has 0 N–H and O–H groups in total. The van der Waals surface area contributed by atoms with Crippen molar-refractivity contribution in [1.82, 2.24) is 9.97 Å². The zero-order valence-corrected chi connectivity index (χ0v) is 11.4. The van der Waals surface area contributed by atoms with E-state index >= 15 is 0 Å². The number of hydrogen-bond donors (Lipinski definition) is 0. The first-order valence-electron chi connectivity index (χ1n) is 4.90. The molecule has 2 rings (SSSR count). The molecule has 4 nitrogen and oxygen atoms in total. The van der Waals surface area contributed by atoms with Crippen molar-refractivity contribution in [2.45, 2.75) is 11.9 Å². The van der Waals surface area contributed by atoms with Gasteiger partial charge >= 0.3 is 5.97 Å². The summed E-state index contributed by atoms with van der Waals surface area (Å²) >= 11 is 8.62. The number of ether oxygens (including phenoxy) is 1. The van der Waals surface area contributed by atoms with Crippen LogP contribution in [0, 0.1) is 0 Å². The Hall–Kier alpha value is -0.850. The smallest absolute Gasteiger partial charge is 0.316 e. The van der Waals surface area contributed by atoms with Gasteiger partial charge in [-0.05, 0) is 30.0 Å². The topological polar surface area (TPSA) is 52.1 Å². The first-order valence-corrected chi connectivity index (χ1v) is 7.14. The maximum Gasteiger partial charge on any atom is 0.316 e. The molecule has 0 radical (unpaired) electrons. The molecule has 0 unspecified atom stereocenters. The third kappa shape index (κ3) is 3.08. The van der Waals surface area contributed by atoms with Crippen molar-refractivity contribution in [3.63, 3.8) is 0 Å². The van der Waals surface area contributed by atoms with E-state index in [1.807, 2.05) is 11.4 Å². The molecule has 2 aromatic rings. The van der Waals surface area contributed by atoms with Crippen LogP contribution in [0.25, 0.3) is 10.2 Å². The number of hydrogen-bond acceptors (Lipinski definition) is 6. The van der Waals surface area contributed by atoms with E-state index in [1.54, 1.807) is 6.92 Å². The lowest BCUT2D eigenvalue weighted by Gasteiger charge is -2.03. The van der Waals surface area contributed by atoms with Crippen LogP contribution in [0.5, 0.6) is 0 Å². The second-order valence-electron chi connectivity index (χ2n) is 3.03. The number of rotatable bonds is 4. The lowest BCUT2D eigenvalue weighted by atomic mass is 10.4. The molecule has 17 heavy (non-hydrogen) atoms. The summed E-state index contributed by atoms with van der Waals surface area (Å²) in [6.07, 6.45) is 0. The van der Waals surface area contributed by atoms with Crippen LogP contribution in [-0.4, -0.2) is 28.3 Å². The van der Waals surface area contributed by atoms with Crippen molar-refractivity contribution in [2.24, 2.45) is 0 Å². The molecule has 0 atom stereocenters. The van der Waals surface area contributed by atoms with E-state index in [-0.39, 0.29) is 17.0 Å². The Morgan fingerprint density at radius 3 is 3.18 bits per heavy atom. The fourth-order valence-corrected chi connectivity index (χ4v) is 3.15. The van der Waals surface area contributed by atoms with E-state index < -0.39 is 0 Å². The van der Waals surface area contributed by atoms with Crippen LogP contribution < -0.4 is 0 Å². The molecule has 7 heteroatoms. The summed E-state index contributed by atoms with van der Waals surface area (Å²) in [7, 11) is 0. The number of carbonyl (C=O) groups excluding carboxylic acids is 1. The van der Waals surface area contributed by atoms with Gasteiger partial charge in [-0.1, -0.05) is 11.8 Å². The van der Waals surface area contributed by atoms with E-state index in [9.17, 15) is 4.79 Å². The van der Waals surface area contributed by atoms with Crippen molar-refractivity contribution >= 4 is 50.9 Å². The largest absolute Gasteiger partial charge is 0.465 e. The van der Waals surface area contributed by atoms with Crippen molar-refractivity contribution in [2.75, 3.05) is 12.4 Å². The highest BCUT2D eigenvalue weighted by Gasteiger charge is 2.10. The Morgan fingerprint density at radius 1 is 1.59 bits per heavy atom. The summed E-state index contributed by atoms with van der Waals surface area (Å²) in [4.78, 5) is 20.3. The van der Waals surface area contributed by atoms with Crippen LogP contribution in [-0.2, 0) is 9.53 Å².